The van der Waals surface area contributed by atoms with E-state index >= 15 is 0 Å². The molecule has 0 bridgehead atoms. The molecule has 1 saturated carbocycles. The fourth-order valence-corrected chi connectivity index (χ4v) is 2.73. The van der Waals surface area contributed by atoms with E-state index in [0.717, 1.165) is 19.3 Å². The molecule has 0 aromatic rings. The first-order chi connectivity index (χ1) is 7.65. The van der Waals surface area contributed by atoms with E-state index in [1.54, 1.807) is 0 Å². The predicted octanol–water partition coefficient (Wildman–Crippen LogP) is 0.390. The van der Waals surface area contributed by atoms with Crippen LogP contribution in [0.3, 0.4) is 0 Å². The Morgan fingerprint density at radius 1 is 1.19 bits per heavy atom. The Balaban J connectivity index is 2.23. The van der Waals surface area contributed by atoms with Gasteiger partial charge in [-0.1, -0.05) is 19.3 Å². The molecule has 5 heteroatoms. The average molecular weight is 232 g/mol. The van der Waals surface area contributed by atoms with Crippen LogP contribution >= 0.6 is 0 Å². The van der Waals surface area contributed by atoms with Crippen molar-refractivity contribution in [3.63, 3.8) is 0 Å². The SMILES string of the molecule is CO[C@]1(C2(O)CCCCC2)OCCO[C@@H]1O. The zero-order valence-corrected chi connectivity index (χ0v) is 9.65. The van der Waals surface area contributed by atoms with Crippen molar-refractivity contribution in [3.8, 4) is 0 Å². The van der Waals surface area contributed by atoms with Gasteiger partial charge in [0.15, 0.2) is 0 Å². The average Bonchev–Trinajstić information content (AvgIpc) is 2.30. The molecule has 16 heavy (non-hydrogen) atoms. The fraction of sp³-hybridized carbons (Fsp3) is 1.00. The lowest BCUT2D eigenvalue weighted by Gasteiger charge is -2.50. The van der Waals surface area contributed by atoms with E-state index in [1.807, 2.05) is 0 Å². The van der Waals surface area contributed by atoms with E-state index in [1.165, 1.54) is 7.11 Å². The normalized spacial score (nSPS) is 39.6. The van der Waals surface area contributed by atoms with Crippen LogP contribution in [-0.4, -0.2) is 48.2 Å². The maximum Gasteiger partial charge on any atom is 0.250 e. The van der Waals surface area contributed by atoms with Crippen LogP contribution < -0.4 is 0 Å². The van der Waals surface area contributed by atoms with Crippen LogP contribution in [-0.2, 0) is 14.2 Å². The van der Waals surface area contributed by atoms with Gasteiger partial charge >= 0.3 is 0 Å². The van der Waals surface area contributed by atoms with Gasteiger partial charge in [0.25, 0.3) is 0 Å². The van der Waals surface area contributed by atoms with Crippen molar-refractivity contribution in [2.45, 2.75) is 49.8 Å². The summed E-state index contributed by atoms with van der Waals surface area (Å²) < 4.78 is 16.0. The van der Waals surface area contributed by atoms with Crippen molar-refractivity contribution in [2.24, 2.45) is 0 Å². The minimum Gasteiger partial charge on any atom is -0.384 e. The van der Waals surface area contributed by atoms with Crippen LogP contribution in [0, 0.1) is 0 Å². The molecule has 5 nitrogen and oxygen atoms in total. The van der Waals surface area contributed by atoms with Crippen LogP contribution in [0.4, 0.5) is 0 Å². The Morgan fingerprint density at radius 3 is 2.44 bits per heavy atom. The highest BCUT2D eigenvalue weighted by molar-refractivity contribution is 4.99. The standard InChI is InChI=1S/C11H20O5/c1-14-11(9(12)15-7-8-16-11)10(13)5-3-2-4-6-10/h9,12-13H,2-8H2,1H3/t9-,11-/m0/s1. The van der Waals surface area contributed by atoms with Gasteiger partial charge in [-0.3, -0.25) is 0 Å². The van der Waals surface area contributed by atoms with E-state index in [2.05, 4.69) is 0 Å². The largest absolute Gasteiger partial charge is 0.384 e. The highest BCUT2D eigenvalue weighted by atomic mass is 16.8. The van der Waals surface area contributed by atoms with Gasteiger partial charge in [-0.2, -0.15) is 0 Å². The smallest absolute Gasteiger partial charge is 0.250 e. The highest BCUT2D eigenvalue weighted by Crippen LogP contribution is 2.43. The van der Waals surface area contributed by atoms with Crippen LogP contribution in [0.1, 0.15) is 32.1 Å². The molecule has 0 aromatic heterocycles. The van der Waals surface area contributed by atoms with Crippen molar-refractivity contribution < 1.29 is 24.4 Å². The van der Waals surface area contributed by atoms with Crippen LogP contribution in [0.2, 0.25) is 0 Å². The van der Waals surface area contributed by atoms with Crippen LogP contribution in [0.5, 0.6) is 0 Å². The molecule has 94 valence electrons. The molecule has 0 radical (unpaired) electrons. The Kier molecular flexibility index (Phi) is 3.51. The van der Waals surface area contributed by atoms with Crippen molar-refractivity contribution in [2.75, 3.05) is 20.3 Å². The summed E-state index contributed by atoms with van der Waals surface area (Å²) in [6.45, 7) is 0.648. The number of hydrogen-bond donors (Lipinski definition) is 2. The van der Waals surface area contributed by atoms with E-state index in [4.69, 9.17) is 14.2 Å². The number of rotatable bonds is 2. The van der Waals surface area contributed by atoms with Crippen molar-refractivity contribution in [1.29, 1.82) is 0 Å². The van der Waals surface area contributed by atoms with Gasteiger partial charge in [0.1, 0.15) is 5.60 Å². The van der Waals surface area contributed by atoms with Crippen molar-refractivity contribution in [3.05, 3.63) is 0 Å². The Bertz CT molecular complexity index is 239. The maximum atomic E-state index is 10.6. The third-order valence-corrected chi connectivity index (χ3v) is 3.63. The second-order valence-electron chi connectivity index (χ2n) is 4.54. The first-order valence-corrected chi connectivity index (χ1v) is 5.86. The highest BCUT2D eigenvalue weighted by Gasteiger charge is 2.59. The summed E-state index contributed by atoms with van der Waals surface area (Å²) in [5, 5.41) is 20.5. The molecule has 2 aliphatic rings. The third kappa shape index (κ3) is 1.76. The molecule has 0 aromatic carbocycles. The van der Waals surface area contributed by atoms with E-state index in [-0.39, 0.29) is 0 Å². The lowest BCUT2D eigenvalue weighted by molar-refractivity contribution is -0.421. The summed E-state index contributed by atoms with van der Waals surface area (Å²) in [4.78, 5) is 0. The summed E-state index contributed by atoms with van der Waals surface area (Å²) in [6.07, 6.45) is 2.84. The summed E-state index contributed by atoms with van der Waals surface area (Å²) in [6, 6.07) is 0. The van der Waals surface area contributed by atoms with E-state index in [0.29, 0.717) is 26.1 Å². The Labute approximate surface area is 95.3 Å². The monoisotopic (exact) mass is 232 g/mol. The quantitative estimate of drug-likeness (QED) is 0.721. The number of aliphatic hydroxyl groups is 2. The third-order valence-electron chi connectivity index (χ3n) is 3.63. The number of methoxy groups -OCH3 is 1. The number of aliphatic hydroxyl groups excluding tert-OH is 1. The Hall–Kier alpha value is -0.200. The molecule has 2 N–H and O–H groups in total. The van der Waals surface area contributed by atoms with Crippen LogP contribution in [0.15, 0.2) is 0 Å². The molecule has 2 rings (SSSR count). The van der Waals surface area contributed by atoms with E-state index in [9.17, 15) is 10.2 Å². The van der Waals surface area contributed by atoms with Crippen molar-refractivity contribution >= 4 is 0 Å². The number of hydrogen-bond acceptors (Lipinski definition) is 5. The summed E-state index contributed by atoms with van der Waals surface area (Å²) in [5.74, 6) is -1.42. The Morgan fingerprint density at radius 2 is 1.88 bits per heavy atom. The minimum atomic E-state index is -1.42. The zero-order valence-electron chi connectivity index (χ0n) is 9.65. The van der Waals surface area contributed by atoms with Gasteiger partial charge in [0.05, 0.1) is 13.2 Å². The second-order valence-corrected chi connectivity index (χ2v) is 4.54. The molecular formula is C11H20O5. The van der Waals surface area contributed by atoms with Gasteiger partial charge in [0, 0.05) is 7.11 Å². The maximum absolute atomic E-state index is 10.6. The van der Waals surface area contributed by atoms with Gasteiger partial charge in [-0.25, -0.2) is 0 Å². The van der Waals surface area contributed by atoms with E-state index < -0.39 is 17.7 Å². The minimum absolute atomic E-state index is 0.322. The molecule has 0 amide bonds. The van der Waals surface area contributed by atoms with Gasteiger partial charge in [0.2, 0.25) is 12.1 Å². The molecule has 1 heterocycles. The molecular weight excluding hydrogens is 212 g/mol. The molecule has 2 fully saturated rings. The van der Waals surface area contributed by atoms with Gasteiger partial charge in [-0.15, -0.1) is 0 Å². The number of ether oxygens (including phenoxy) is 3. The fourth-order valence-electron chi connectivity index (χ4n) is 2.73. The molecule has 1 aliphatic heterocycles. The molecule has 1 saturated heterocycles. The summed E-state index contributed by atoms with van der Waals surface area (Å²) >= 11 is 0. The molecule has 0 unspecified atom stereocenters. The topological polar surface area (TPSA) is 68.2 Å². The zero-order chi connectivity index (χ0) is 11.6. The van der Waals surface area contributed by atoms with Crippen LogP contribution in [0.25, 0.3) is 0 Å². The van der Waals surface area contributed by atoms with Gasteiger partial charge < -0.3 is 24.4 Å². The molecule has 2 atom stereocenters. The molecule has 0 spiro atoms. The second kappa shape index (κ2) is 4.58. The lowest BCUT2D eigenvalue weighted by atomic mass is 9.77. The summed E-state index contributed by atoms with van der Waals surface area (Å²) in [7, 11) is 1.43. The molecule has 1 aliphatic carbocycles. The van der Waals surface area contributed by atoms with Gasteiger partial charge in [-0.05, 0) is 12.8 Å². The summed E-state index contributed by atoms with van der Waals surface area (Å²) in [5.41, 5.74) is -1.15. The first kappa shape index (κ1) is 12.3. The first-order valence-electron chi connectivity index (χ1n) is 5.86. The lowest BCUT2D eigenvalue weighted by Crippen LogP contribution is -2.67. The van der Waals surface area contributed by atoms with Crippen molar-refractivity contribution in [1.82, 2.24) is 0 Å². The predicted molar refractivity (Wildman–Crippen MR) is 55.7 cm³/mol.